The summed E-state index contributed by atoms with van der Waals surface area (Å²) in [7, 11) is 2.06. The summed E-state index contributed by atoms with van der Waals surface area (Å²) < 4.78 is 2.16. The van der Waals surface area contributed by atoms with Crippen molar-refractivity contribution in [2.75, 3.05) is 0 Å². The number of nitrogens with zero attached hydrogens (tertiary/aromatic N) is 3. The average Bonchev–Trinajstić information content (AvgIpc) is 2.64. The Morgan fingerprint density at radius 2 is 2.18 bits per heavy atom. The van der Waals surface area contributed by atoms with Crippen LogP contribution in [-0.4, -0.2) is 9.55 Å². The molecule has 1 heterocycles. The number of imidazole rings is 1. The molecule has 1 aromatic carbocycles. The predicted molar refractivity (Wildman–Crippen MR) is 68.6 cm³/mol. The molecule has 0 saturated heterocycles. The zero-order chi connectivity index (χ0) is 12.3. The molecule has 0 N–H and O–H groups in total. The van der Waals surface area contributed by atoms with E-state index in [1.165, 1.54) is 11.1 Å². The van der Waals surface area contributed by atoms with E-state index in [1.54, 1.807) is 0 Å². The van der Waals surface area contributed by atoms with E-state index in [-0.39, 0.29) is 0 Å². The quantitative estimate of drug-likeness (QED) is 0.805. The fraction of sp³-hybridized carbons (Fsp3) is 0.429. The van der Waals surface area contributed by atoms with Gasteiger partial charge in [-0.15, -0.1) is 0 Å². The van der Waals surface area contributed by atoms with Crippen LogP contribution < -0.4 is 0 Å². The Bertz CT molecular complexity index is 561. The highest BCUT2D eigenvalue weighted by molar-refractivity contribution is 5.76. The number of hydrogen-bond acceptors (Lipinski definition) is 2. The molecule has 0 saturated carbocycles. The Kier molecular flexibility index (Phi) is 3.43. The summed E-state index contributed by atoms with van der Waals surface area (Å²) in [5.74, 6) is 1.14. The summed E-state index contributed by atoms with van der Waals surface area (Å²) in [6, 6.07) is 8.48. The lowest BCUT2D eigenvalue weighted by atomic mass is 10.1. The maximum Gasteiger partial charge on any atom is 0.109 e. The molecule has 17 heavy (non-hydrogen) atoms. The second kappa shape index (κ2) is 5.01. The molecule has 2 aromatic rings. The van der Waals surface area contributed by atoms with Crippen LogP contribution in [0, 0.1) is 11.3 Å². The van der Waals surface area contributed by atoms with Gasteiger partial charge in [0.15, 0.2) is 0 Å². The Morgan fingerprint density at radius 1 is 1.35 bits per heavy atom. The van der Waals surface area contributed by atoms with Gasteiger partial charge in [0.1, 0.15) is 5.82 Å². The number of aromatic nitrogens is 2. The van der Waals surface area contributed by atoms with E-state index in [4.69, 9.17) is 5.26 Å². The van der Waals surface area contributed by atoms with Crippen LogP contribution in [0.3, 0.4) is 0 Å². The van der Waals surface area contributed by atoms with Gasteiger partial charge in [-0.3, -0.25) is 0 Å². The van der Waals surface area contributed by atoms with E-state index >= 15 is 0 Å². The average molecular weight is 227 g/mol. The number of aryl methyl sites for hydroxylation is 3. The molecule has 2 rings (SSSR count). The van der Waals surface area contributed by atoms with Gasteiger partial charge in [0.05, 0.1) is 17.1 Å². The molecule has 88 valence electrons. The fourth-order valence-electron chi connectivity index (χ4n) is 2.10. The molecule has 0 aliphatic rings. The molecule has 0 unspecified atom stereocenters. The third-order valence-corrected chi connectivity index (χ3v) is 3.04. The number of hydrogen-bond donors (Lipinski definition) is 0. The van der Waals surface area contributed by atoms with E-state index in [0.717, 1.165) is 30.6 Å². The maximum absolute atomic E-state index is 8.59. The van der Waals surface area contributed by atoms with Crippen molar-refractivity contribution in [3.05, 3.63) is 29.6 Å². The lowest BCUT2D eigenvalue weighted by Gasteiger charge is -2.00. The normalized spacial score (nSPS) is 10.6. The minimum Gasteiger partial charge on any atom is -0.331 e. The lowest BCUT2D eigenvalue weighted by Crippen LogP contribution is -1.96. The van der Waals surface area contributed by atoms with Gasteiger partial charge in [0.2, 0.25) is 0 Å². The first-order valence-corrected chi connectivity index (χ1v) is 6.07. The van der Waals surface area contributed by atoms with E-state index in [9.17, 15) is 0 Å². The van der Waals surface area contributed by atoms with Gasteiger partial charge in [-0.2, -0.15) is 5.26 Å². The summed E-state index contributed by atoms with van der Waals surface area (Å²) in [6.07, 6.45) is 3.50. The third kappa shape index (κ3) is 2.31. The van der Waals surface area contributed by atoms with Crippen LogP contribution in [0.2, 0.25) is 0 Å². The van der Waals surface area contributed by atoms with Gasteiger partial charge >= 0.3 is 0 Å². The van der Waals surface area contributed by atoms with Gasteiger partial charge in [0, 0.05) is 19.9 Å². The Hall–Kier alpha value is -1.82. The molecule has 1 aromatic heterocycles. The van der Waals surface area contributed by atoms with Crippen molar-refractivity contribution in [2.45, 2.75) is 32.6 Å². The molecule has 0 radical (unpaired) electrons. The van der Waals surface area contributed by atoms with Crippen LogP contribution in [0.1, 0.15) is 31.2 Å². The van der Waals surface area contributed by atoms with Crippen LogP contribution in [-0.2, 0) is 19.9 Å². The van der Waals surface area contributed by atoms with Crippen molar-refractivity contribution in [2.24, 2.45) is 7.05 Å². The molecule has 3 heteroatoms. The van der Waals surface area contributed by atoms with Crippen LogP contribution in [0.5, 0.6) is 0 Å². The minimum atomic E-state index is 0.570. The third-order valence-electron chi connectivity index (χ3n) is 3.04. The predicted octanol–water partition coefficient (Wildman–Crippen LogP) is 2.98. The Labute approximate surface area is 102 Å². The Morgan fingerprint density at radius 3 is 2.88 bits per heavy atom. The van der Waals surface area contributed by atoms with Crippen molar-refractivity contribution < 1.29 is 0 Å². The number of fused-ring (bicyclic) bond motifs is 1. The van der Waals surface area contributed by atoms with Crippen LogP contribution >= 0.6 is 0 Å². The second-order valence-electron chi connectivity index (χ2n) is 4.32. The molecular formula is C14H17N3. The molecular weight excluding hydrogens is 210 g/mol. The molecule has 0 atom stereocenters. The van der Waals surface area contributed by atoms with Gasteiger partial charge in [0.25, 0.3) is 0 Å². The van der Waals surface area contributed by atoms with E-state index in [2.05, 4.69) is 47.8 Å². The lowest BCUT2D eigenvalue weighted by molar-refractivity contribution is 0.773. The van der Waals surface area contributed by atoms with E-state index < -0.39 is 0 Å². The first-order valence-electron chi connectivity index (χ1n) is 6.07. The highest BCUT2D eigenvalue weighted by Crippen LogP contribution is 2.18. The van der Waals surface area contributed by atoms with Gasteiger partial charge in [-0.05, 0) is 30.5 Å². The molecule has 0 amide bonds. The molecule has 3 nitrogen and oxygen atoms in total. The number of benzene rings is 1. The van der Waals surface area contributed by atoms with E-state index in [0.29, 0.717) is 6.42 Å². The fourth-order valence-corrected chi connectivity index (χ4v) is 2.10. The van der Waals surface area contributed by atoms with Crippen molar-refractivity contribution in [1.29, 1.82) is 5.26 Å². The topological polar surface area (TPSA) is 41.6 Å². The number of rotatable bonds is 4. The first kappa shape index (κ1) is 11.7. The van der Waals surface area contributed by atoms with Crippen LogP contribution in [0.4, 0.5) is 0 Å². The second-order valence-corrected chi connectivity index (χ2v) is 4.32. The minimum absolute atomic E-state index is 0.570. The summed E-state index contributed by atoms with van der Waals surface area (Å²) >= 11 is 0. The summed E-state index contributed by atoms with van der Waals surface area (Å²) in [5, 5.41) is 8.59. The molecule has 0 fully saturated rings. The smallest absolute Gasteiger partial charge is 0.109 e. The summed E-state index contributed by atoms with van der Waals surface area (Å²) in [6.45, 7) is 2.16. The largest absolute Gasteiger partial charge is 0.331 e. The van der Waals surface area contributed by atoms with E-state index in [1.807, 2.05) is 0 Å². The summed E-state index contributed by atoms with van der Waals surface area (Å²) in [4.78, 5) is 4.65. The van der Waals surface area contributed by atoms with Crippen molar-refractivity contribution >= 4 is 11.0 Å². The monoisotopic (exact) mass is 227 g/mol. The van der Waals surface area contributed by atoms with Crippen molar-refractivity contribution in [3.63, 3.8) is 0 Å². The zero-order valence-corrected chi connectivity index (χ0v) is 10.4. The Balaban J connectivity index is 2.38. The summed E-state index contributed by atoms with van der Waals surface area (Å²) in [5.41, 5.74) is 3.42. The maximum atomic E-state index is 8.59. The van der Waals surface area contributed by atoms with Gasteiger partial charge in [-0.25, -0.2) is 4.98 Å². The molecule has 0 bridgehead atoms. The van der Waals surface area contributed by atoms with Crippen LogP contribution in [0.15, 0.2) is 18.2 Å². The van der Waals surface area contributed by atoms with Gasteiger partial charge in [-0.1, -0.05) is 13.0 Å². The highest BCUT2D eigenvalue weighted by Gasteiger charge is 2.07. The van der Waals surface area contributed by atoms with Gasteiger partial charge < -0.3 is 4.57 Å². The van der Waals surface area contributed by atoms with Crippen molar-refractivity contribution in [3.8, 4) is 6.07 Å². The molecule has 0 spiro atoms. The zero-order valence-electron chi connectivity index (χ0n) is 10.4. The molecule has 0 aliphatic carbocycles. The molecule has 0 aliphatic heterocycles. The van der Waals surface area contributed by atoms with Crippen LogP contribution in [0.25, 0.3) is 11.0 Å². The standard InChI is InChI=1S/C14H17N3/c1-3-5-14-16-12-10-11(6-4-9-15)7-8-13(12)17(14)2/h7-8,10H,3-6H2,1-2H3. The number of nitriles is 1. The first-order chi connectivity index (χ1) is 8.26. The van der Waals surface area contributed by atoms with Crippen molar-refractivity contribution in [1.82, 2.24) is 9.55 Å². The highest BCUT2D eigenvalue weighted by atomic mass is 15.1. The SMILES string of the molecule is CCCc1nc2cc(CCC#N)ccc2n1C.